The van der Waals surface area contributed by atoms with Crippen LogP contribution >= 0.6 is 12.6 Å². The predicted octanol–water partition coefficient (Wildman–Crippen LogP) is 2.20. The number of carbonyl (C=O) groups is 3. The molecule has 202 valence electrons. The number of nitrogens with zero attached hydrogens (tertiary/aromatic N) is 2. The highest BCUT2D eigenvalue weighted by Gasteiger charge is 2.21. The number of rotatable bonds is 7. The molecule has 3 rings (SSSR count). The first kappa shape index (κ1) is 31.7. The van der Waals surface area contributed by atoms with Gasteiger partial charge in [0.25, 0.3) is 0 Å². The molecule has 1 unspecified atom stereocenters. The van der Waals surface area contributed by atoms with Gasteiger partial charge < -0.3 is 26.4 Å². The van der Waals surface area contributed by atoms with E-state index in [2.05, 4.69) is 44.0 Å². The van der Waals surface area contributed by atoms with Crippen molar-refractivity contribution in [2.45, 2.75) is 26.8 Å². The molecular weight excluding hydrogens is 490 g/mol. The monoisotopic (exact) mass is 529 g/mol. The Morgan fingerprint density at radius 1 is 1.08 bits per heavy atom. The summed E-state index contributed by atoms with van der Waals surface area (Å²) < 4.78 is 0. The highest BCUT2D eigenvalue weighted by molar-refractivity contribution is 7.80. The van der Waals surface area contributed by atoms with Crippen molar-refractivity contribution >= 4 is 41.8 Å². The van der Waals surface area contributed by atoms with E-state index in [-0.39, 0.29) is 24.9 Å². The van der Waals surface area contributed by atoms with Gasteiger partial charge in [0.05, 0.1) is 24.8 Å². The van der Waals surface area contributed by atoms with E-state index in [0.717, 1.165) is 28.4 Å². The molecule has 2 aromatic rings. The van der Waals surface area contributed by atoms with Crippen LogP contribution in [0.4, 0.5) is 5.69 Å². The largest absolute Gasteiger partial charge is 0.480 e. The van der Waals surface area contributed by atoms with Gasteiger partial charge in [-0.3, -0.25) is 19.4 Å². The van der Waals surface area contributed by atoms with Gasteiger partial charge in [-0.2, -0.15) is 12.6 Å². The molecule has 1 aliphatic heterocycles. The lowest BCUT2D eigenvalue weighted by Crippen LogP contribution is -2.40. The standard InChI is InChI=1S/C19H19N3O3.C4H10N2OS.C4H10/c23-17(21-12-18(24)25)13-22-11-10-20-19(14-6-2-1-3-7-14)15-8-4-5-9-16(15)22;1-6-4(7)3(5)2-8;1-4(2)3/h1-9H,10-13H2,(H,21,23)(H,24,25);3,8H,2,5H2,1H3,(H,6,7);4H,1-3H3. The van der Waals surface area contributed by atoms with Crippen LogP contribution in [0, 0.1) is 5.92 Å². The van der Waals surface area contributed by atoms with Crippen LogP contribution in [0.2, 0.25) is 0 Å². The molecule has 1 atom stereocenters. The first-order chi connectivity index (χ1) is 17.6. The van der Waals surface area contributed by atoms with Gasteiger partial charge in [-0.25, -0.2) is 0 Å². The second-order valence-corrected chi connectivity index (χ2v) is 9.21. The molecule has 1 heterocycles. The lowest BCUT2D eigenvalue weighted by molar-refractivity contribution is -0.137. The zero-order valence-corrected chi connectivity index (χ0v) is 22.9. The van der Waals surface area contributed by atoms with Crippen molar-refractivity contribution in [2.24, 2.45) is 16.6 Å². The number of benzene rings is 2. The van der Waals surface area contributed by atoms with Crippen molar-refractivity contribution in [3.63, 3.8) is 0 Å². The summed E-state index contributed by atoms with van der Waals surface area (Å²) in [6.07, 6.45) is 0. The van der Waals surface area contributed by atoms with E-state index in [1.54, 1.807) is 7.05 Å². The number of hydrogen-bond acceptors (Lipinski definition) is 7. The number of fused-ring (bicyclic) bond motifs is 1. The molecule has 37 heavy (non-hydrogen) atoms. The highest BCUT2D eigenvalue weighted by atomic mass is 32.1. The van der Waals surface area contributed by atoms with Crippen molar-refractivity contribution in [1.29, 1.82) is 0 Å². The number of carbonyl (C=O) groups excluding carboxylic acids is 2. The zero-order valence-electron chi connectivity index (χ0n) is 22.0. The molecule has 9 nitrogen and oxygen atoms in total. The number of nitrogens with one attached hydrogen (secondary N) is 2. The molecule has 0 saturated heterocycles. The summed E-state index contributed by atoms with van der Waals surface area (Å²) in [5.41, 5.74) is 9.07. The quantitative estimate of drug-likeness (QED) is 0.349. The van der Waals surface area contributed by atoms with E-state index in [9.17, 15) is 14.4 Å². The van der Waals surface area contributed by atoms with Gasteiger partial charge in [0.2, 0.25) is 11.8 Å². The maximum absolute atomic E-state index is 12.0. The molecule has 0 aliphatic carbocycles. The molecule has 10 heteroatoms. The number of nitrogens with two attached hydrogens (primary N) is 1. The molecule has 5 N–H and O–H groups in total. The normalized spacial score (nSPS) is 12.8. The van der Waals surface area contributed by atoms with Crippen LogP contribution in [0.15, 0.2) is 59.6 Å². The van der Waals surface area contributed by atoms with E-state index in [1.807, 2.05) is 59.5 Å². The van der Waals surface area contributed by atoms with Crippen molar-refractivity contribution in [3.05, 3.63) is 65.7 Å². The fourth-order valence-corrected chi connectivity index (χ4v) is 3.28. The van der Waals surface area contributed by atoms with Gasteiger partial charge >= 0.3 is 5.97 Å². The molecular formula is C27H39N5O4S. The van der Waals surface area contributed by atoms with Crippen LogP contribution in [0.1, 0.15) is 31.9 Å². The Bertz CT molecular complexity index is 1030. The number of carboxylic acids is 1. The summed E-state index contributed by atoms with van der Waals surface area (Å²) in [6.45, 7) is 7.38. The summed E-state index contributed by atoms with van der Waals surface area (Å²) in [5.74, 6) is -0.320. The summed E-state index contributed by atoms with van der Waals surface area (Å²) in [4.78, 5) is 39.7. The number of thiol groups is 1. The van der Waals surface area contributed by atoms with E-state index in [1.165, 1.54) is 0 Å². The Hall–Kier alpha value is -3.37. The zero-order chi connectivity index (χ0) is 27.8. The third-order valence-electron chi connectivity index (χ3n) is 4.74. The Balaban J connectivity index is 0.000000478. The summed E-state index contributed by atoms with van der Waals surface area (Å²) in [6, 6.07) is 17.3. The Morgan fingerprint density at radius 3 is 2.22 bits per heavy atom. The molecule has 1 aliphatic rings. The number of anilines is 1. The highest BCUT2D eigenvalue weighted by Crippen LogP contribution is 2.26. The van der Waals surface area contributed by atoms with E-state index in [0.29, 0.717) is 18.8 Å². The van der Waals surface area contributed by atoms with E-state index in [4.69, 9.17) is 15.8 Å². The fourth-order valence-electron chi connectivity index (χ4n) is 3.12. The number of likely N-dealkylation sites (N-methyl/N-ethyl adjacent to an activating group) is 1. The number of benzodiazepines with no additional fused rings is 1. The summed E-state index contributed by atoms with van der Waals surface area (Å²) >= 11 is 3.82. The van der Waals surface area contributed by atoms with E-state index < -0.39 is 12.0 Å². The second kappa shape index (κ2) is 17.1. The molecule has 2 aromatic carbocycles. The average Bonchev–Trinajstić information content (AvgIpc) is 3.06. The first-order valence-corrected chi connectivity index (χ1v) is 12.7. The van der Waals surface area contributed by atoms with Crippen LogP contribution in [0.25, 0.3) is 0 Å². The number of amides is 2. The van der Waals surface area contributed by atoms with Crippen LogP contribution in [0.3, 0.4) is 0 Å². The van der Waals surface area contributed by atoms with E-state index >= 15 is 0 Å². The SMILES string of the molecule is CC(C)C.CNC(=O)C(N)CS.O=C(O)CNC(=O)CN1CCN=C(c2ccccc2)c2ccccc21. The minimum Gasteiger partial charge on any atom is -0.480 e. The van der Waals surface area contributed by atoms with Gasteiger partial charge in [-0.15, -0.1) is 0 Å². The molecule has 0 fully saturated rings. The summed E-state index contributed by atoms with van der Waals surface area (Å²) in [5, 5.41) is 13.5. The predicted molar refractivity (Wildman–Crippen MR) is 153 cm³/mol. The lowest BCUT2D eigenvalue weighted by atomic mass is 10.0. The second-order valence-electron chi connectivity index (χ2n) is 8.84. The molecule has 0 spiro atoms. The van der Waals surface area contributed by atoms with Crippen molar-refractivity contribution in [2.75, 3.05) is 43.9 Å². The van der Waals surface area contributed by atoms with Crippen molar-refractivity contribution < 1.29 is 19.5 Å². The van der Waals surface area contributed by atoms with Gasteiger partial charge in [0, 0.05) is 36.2 Å². The van der Waals surface area contributed by atoms with Gasteiger partial charge in [-0.05, 0) is 12.0 Å². The van der Waals surface area contributed by atoms with Crippen molar-refractivity contribution in [1.82, 2.24) is 10.6 Å². The number of carboxylic acid groups (broad SMARTS) is 1. The van der Waals surface area contributed by atoms with Crippen LogP contribution < -0.4 is 21.3 Å². The number of aliphatic imine (C=N–C) groups is 1. The molecule has 0 bridgehead atoms. The number of aliphatic carboxylic acids is 1. The Labute approximate surface area is 224 Å². The topological polar surface area (TPSA) is 137 Å². The maximum atomic E-state index is 12.0. The van der Waals surface area contributed by atoms with Crippen LogP contribution in [-0.4, -0.2) is 73.6 Å². The Morgan fingerprint density at radius 2 is 1.68 bits per heavy atom. The van der Waals surface area contributed by atoms with Gasteiger partial charge in [0.15, 0.2) is 0 Å². The van der Waals surface area contributed by atoms with Crippen LogP contribution in [0.5, 0.6) is 0 Å². The fraction of sp³-hybridized carbons (Fsp3) is 0.407. The summed E-state index contributed by atoms with van der Waals surface area (Å²) in [7, 11) is 1.55. The first-order valence-electron chi connectivity index (χ1n) is 12.1. The third kappa shape index (κ3) is 11.9. The lowest BCUT2D eigenvalue weighted by Gasteiger charge is -2.24. The molecule has 0 radical (unpaired) electrons. The minimum absolute atomic E-state index is 0.0991. The van der Waals surface area contributed by atoms with Gasteiger partial charge in [-0.1, -0.05) is 69.3 Å². The smallest absolute Gasteiger partial charge is 0.322 e. The third-order valence-corrected chi connectivity index (χ3v) is 5.13. The van der Waals surface area contributed by atoms with Crippen molar-refractivity contribution in [3.8, 4) is 0 Å². The molecule has 2 amide bonds. The van der Waals surface area contributed by atoms with Crippen LogP contribution in [-0.2, 0) is 14.4 Å². The average molecular weight is 530 g/mol. The molecule has 0 saturated carbocycles. The van der Waals surface area contributed by atoms with Gasteiger partial charge in [0.1, 0.15) is 6.54 Å². The maximum Gasteiger partial charge on any atom is 0.322 e. The number of para-hydroxylation sites is 1. The molecule has 0 aromatic heterocycles. The number of hydrogen-bond donors (Lipinski definition) is 5. The Kier molecular flexibility index (Phi) is 14.7. The minimum atomic E-state index is -1.06.